The fraction of sp³-hybridized carbons (Fsp3) is 0.450. The molecule has 10 heteroatoms. The molecule has 0 aliphatic carbocycles. The molecule has 162 valence electrons. The molecule has 0 radical (unpaired) electrons. The third-order valence-electron chi connectivity index (χ3n) is 4.72. The van der Waals surface area contributed by atoms with Crippen LogP contribution in [0.3, 0.4) is 0 Å². The molecule has 1 aliphatic heterocycles. The highest BCUT2D eigenvalue weighted by molar-refractivity contribution is 7.13. The summed E-state index contributed by atoms with van der Waals surface area (Å²) in [5.41, 5.74) is 0.0452. The van der Waals surface area contributed by atoms with Crippen molar-refractivity contribution in [2.45, 2.75) is 32.4 Å². The molecular weight excluding hydrogens is 419 g/mol. The SMILES string of the molecule is CCOC(=O)C1CCCN(C(=O)Cc2csc(Nc3cccc(C(F)(F)F)c3)n2)C1. The number of anilines is 2. The van der Waals surface area contributed by atoms with Crippen LogP contribution >= 0.6 is 11.3 Å². The number of piperidine rings is 1. The molecule has 3 rings (SSSR count). The summed E-state index contributed by atoms with van der Waals surface area (Å²) in [6.45, 7) is 2.96. The molecule has 1 amide bonds. The minimum atomic E-state index is -4.42. The summed E-state index contributed by atoms with van der Waals surface area (Å²) in [4.78, 5) is 30.5. The van der Waals surface area contributed by atoms with Gasteiger partial charge in [0.25, 0.3) is 0 Å². The molecule has 1 unspecified atom stereocenters. The standard InChI is InChI=1S/C20H22F3N3O3S/c1-2-29-18(28)13-5-4-8-26(11-13)17(27)10-16-12-30-19(25-16)24-15-7-3-6-14(9-15)20(21,22)23/h3,6-7,9,12-13H,2,4-5,8,10-11H2,1H3,(H,24,25). The zero-order valence-electron chi connectivity index (χ0n) is 16.4. The van der Waals surface area contributed by atoms with E-state index in [-0.39, 0.29) is 29.9 Å². The van der Waals surface area contributed by atoms with Crippen LogP contribution < -0.4 is 5.32 Å². The van der Waals surface area contributed by atoms with E-state index in [2.05, 4.69) is 10.3 Å². The van der Waals surface area contributed by atoms with Crippen molar-refractivity contribution < 1.29 is 27.5 Å². The van der Waals surface area contributed by atoms with E-state index < -0.39 is 11.7 Å². The number of rotatable bonds is 6. The maximum absolute atomic E-state index is 12.8. The number of hydrogen-bond acceptors (Lipinski definition) is 6. The Morgan fingerprint density at radius 2 is 2.17 bits per heavy atom. The summed E-state index contributed by atoms with van der Waals surface area (Å²) in [5.74, 6) is -0.729. The first-order valence-corrected chi connectivity index (χ1v) is 10.5. The molecule has 0 spiro atoms. The summed E-state index contributed by atoms with van der Waals surface area (Å²) in [5, 5.41) is 4.94. The fourth-order valence-corrected chi connectivity index (χ4v) is 4.00. The smallest absolute Gasteiger partial charge is 0.416 e. The van der Waals surface area contributed by atoms with Crippen LogP contribution in [0.1, 0.15) is 31.0 Å². The first-order valence-electron chi connectivity index (χ1n) is 9.59. The lowest BCUT2D eigenvalue weighted by Crippen LogP contribution is -2.43. The van der Waals surface area contributed by atoms with Gasteiger partial charge in [0.05, 0.1) is 30.2 Å². The van der Waals surface area contributed by atoms with E-state index in [0.717, 1.165) is 18.6 Å². The van der Waals surface area contributed by atoms with Crippen molar-refractivity contribution in [1.29, 1.82) is 0 Å². The lowest BCUT2D eigenvalue weighted by Gasteiger charge is -2.31. The van der Waals surface area contributed by atoms with Crippen LogP contribution in [-0.2, 0) is 26.9 Å². The molecule has 2 heterocycles. The second-order valence-corrected chi connectivity index (χ2v) is 7.81. The molecule has 6 nitrogen and oxygen atoms in total. The van der Waals surface area contributed by atoms with Gasteiger partial charge in [-0.2, -0.15) is 13.2 Å². The van der Waals surface area contributed by atoms with Crippen molar-refractivity contribution in [1.82, 2.24) is 9.88 Å². The number of thiazole rings is 1. The zero-order valence-corrected chi connectivity index (χ0v) is 17.2. The van der Waals surface area contributed by atoms with E-state index >= 15 is 0 Å². The Morgan fingerprint density at radius 3 is 2.90 bits per heavy atom. The number of nitrogens with one attached hydrogen (secondary N) is 1. The Kier molecular flexibility index (Phi) is 6.96. The molecule has 0 saturated carbocycles. The Morgan fingerprint density at radius 1 is 1.37 bits per heavy atom. The Balaban J connectivity index is 1.59. The van der Waals surface area contributed by atoms with Crippen molar-refractivity contribution in [2.24, 2.45) is 5.92 Å². The normalized spacial score (nSPS) is 16.9. The van der Waals surface area contributed by atoms with E-state index in [1.807, 2.05) is 0 Å². The van der Waals surface area contributed by atoms with Crippen LogP contribution in [0.25, 0.3) is 0 Å². The van der Waals surface area contributed by atoms with Crippen LogP contribution in [0.5, 0.6) is 0 Å². The molecule has 1 atom stereocenters. The molecule has 1 aliphatic rings. The molecule has 1 aromatic carbocycles. The number of amides is 1. The third kappa shape index (κ3) is 5.71. The highest BCUT2D eigenvalue weighted by Gasteiger charge is 2.31. The van der Waals surface area contributed by atoms with E-state index in [9.17, 15) is 22.8 Å². The van der Waals surface area contributed by atoms with E-state index in [1.54, 1.807) is 17.2 Å². The Labute approximate surface area is 176 Å². The molecule has 2 aromatic rings. The monoisotopic (exact) mass is 441 g/mol. The van der Waals surface area contributed by atoms with Gasteiger partial charge < -0.3 is 15.0 Å². The van der Waals surface area contributed by atoms with E-state index in [1.165, 1.54) is 23.5 Å². The van der Waals surface area contributed by atoms with Crippen LogP contribution in [0.15, 0.2) is 29.6 Å². The van der Waals surface area contributed by atoms with Gasteiger partial charge >= 0.3 is 12.1 Å². The summed E-state index contributed by atoms with van der Waals surface area (Å²) < 4.78 is 43.6. The van der Waals surface area contributed by atoms with Crippen LogP contribution in [0.2, 0.25) is 0 Å². The maximum Gasteiger partial charge on any atom is 0.416 e. The average molecular weight is 441 g/mol. The van der Waals surface area contributed by atoms with Crippen molar-refractivity contribution in [3.05, 3.63) is 40.9 Å². The number of nitrogens with zero attached hydrogens (tertiary/aromatic N) is 2. The van der Waals surface area contributed by atoms with Gasteiger partial charge in [0, 0.05) is 24.2 Å². The first kappa shape index (κ1) is 22.1. The largest absolute Gasteiger partial charge is 0.466 e. The minimum Gasteiger partial charge on any atom is -0.466 e. The van der Waals surface area contributed by atoms with Gasteiger partial charge in [-0.05, 0) is 38.0 Å². The van der Waals surface area contributed by atoms with Gasteiger partial charge in [-0.15, -0.1) is 11.3 Å². The molecule has 1 N–H and O–H groups in total. The predicted octanol–water partition coefficient (Wildman–Crippen LogP) is 4.25. The number of esters is 1. The highest BCUT2D eigenvalue weighted by atomic mass is 32.1. The first-order chi connectivity index (χ1) is 14.3. The van der Waals surface area contributed by atoms with Crippen molar-refractivity contribution in [3.63, 3.8) is 0 Å². The van der Waals surface area contributed by atoms with Gasteiger partial charge in [-0.25, -0.2) is 4.98 Å². The lowest BCUT2D eigenvalue weighted by molar-refractivity contribution is -0.151. The number of halogens is 3. The topological polar surface area (TPSA) is 71.5 Å². The number of hydrogen-bond donors (Lipinski definition) is 1. The number of alkyl halides is 3. The molecule has 1 aromatic heterocycles. The lowest BCUT2D eigenvalue weighted by atomic mass is 9.98. The number of likely N-dealkylation sites (tertiary alicyclic amines) is 1. The number of carbonyl (C=O) groups is 2. The second-order valence-electron chi connectivity index (χ2n) is 6.96. The Hall–Kier alpha value is -2.62. The van der Waals surface area contributed by atoms with Crippen molar-refractivity contribution in [3.8, 4) is 0 Å². The number of carbonyl (C=O) groups excluding carboxylic acids is 2. The molecule has 1 saturated heterocycles. The van der Waals surface area contributed by atoms with Gasteiger partial charge in [0.2, 0.25) is 5.91 Å². The number of ether oxygens (including phenoxy) is 1. The number of benzene rings is 1. The molecule has 30 heavy (non-hydrogen) atoms. The molecule has 0 bridgehead atoms. The third-order valence-corrected chi connectivity index (χ3v) is 5.53. The molecular formula is C20H22F3N3O3S. The van der Waals surface area contributed by atoms with E-state index in [4.69, 9.17) is 4.74 Å². The van der Waals surface area contributed by atoms with Gasteiger partial charge in [0.15, 0.2) is 5.13 Å². The average Bonchev–Trinajstić information content (AvgIpc) is 3.14. The van der Waals surface area contributed by atoms with Gasteiger partial charge in [-0.1, -0.05) is 6.07 Å². The molecule has 1 fully saturated rings. The van der Waals surface area contributed by atoms with Crippen LogP contribution in [0, 0.1) is 5.92 Å². The summed E-state index contributed by atoms with van der Waals surface area (Å²) in [6.07, 6.45) is -2.93. The predicted molar refractivity (Wildman–Crippen MR) is 106 cm³/mol. The number of aromatic nitrogens is 1. The van der Waals surface area contributed by atoms with Crippen LogP contribution in [0.4, 0.5) is 24.0 Å². The summed E-state index contributed by atoms with van der Waals surface area (Å²) in [7, 11) is 0. The maximum atomic E-state index is 12.8. The minimum absolute atomic E-state index is 0.0658. The Bertz CT molecular complexity index is 901. The fourth-order valence-electron chi connectivity index (χ4n) is 3.27. The van der Waals surface area contributed by atoms with Gasteiger partial charge in [0.1, 0.15) is 0 Å². The van der Waals surface area contributed by atoms with E-state index in [0.29, 0.717) is 36.9 Å². The summed E-state index contributed by atoms with van der Waals surface area (Å²) >= 11 is 1.21. The van der Waals surface area contributed by atoms with Crippen molar-refractivity contribution >= 4 is 34.0 Å². The zero-order chi connectivity index (χ0) is 21.7. The summed E-state index contributed by atoms with van der Waals surface area (Å²) in [6, 6.07) is 4.85. The van der Waals surface area contributed by atoms with Gasteiger partial charge in [-0.3, -0.25) is 9.59 Å². The quantitative estimate of drug-likeness (QED) is 0.679. The van der Waals surface area contributed by atoms with Crippen molar-refractivity contribution in [2.75, 3.05) is 25.0 Å². The second kappa shape index (κ2) is 9.46. The highest BCUT2D eigenvalue weighted by Crippen LogP contribution is 2.32. The van der Waals surface area contributed by atoms with Crippen LogP contribution in [-0.4, -0.2) is 41.5 Å².